The van der Waals surface area contributed by atoms with Gasteiger partial charge in [0.05, 0.1) is 11.3 Å². The third-order valence-corrected chi connectivity index (χ3v) is 4.79. The summed E-state index contributed by atoms with van der Waals surface area (Å²) in [5.74, 6) is -1.25. The van der Waals surface area contributed by atoms with Crippen LogP contribution in [0.2, 0.25) is 0 Å². The molecule has 5 nitrogen and oxygen atoms in total. The highest BCUT2D eigenvalue weighted by atomic mass is 32.2. The van der Waals surface area contributed by atoms with Gasteiger partial charge in [0.15, 0.2) is 0 Å². The van der Waals surface area contributed by atoms with Crippen molar-refractivity contribution in [2.24, 2.45) is 0 Å². The van der Waals surface area contributed by atoms with Crippen molar-refractivity contribution in [1.29, 1.82) is 0 Å². The van der Waals surface area contributed by atoms with Gasteiger partial charge in [0, 0.05) is 11.3 Å². The van der Waals surface area contributed by atoms with Crippen molar-refractivity contribution in [1.82, 2.24) is 10.3 Å². The van der Waals surface area contributed by atoms with Crippen LogP contribution in [-0.4, -0.2) is 39.5 Å². The number of pyridine rings is 1. The molecule has 1 aromatic heterocycles. The van der Waals surface area contributed by atoms with Gasteiger partial charge >= 0.3 is 5.97 Å². The fraction of sp³-hybridized carbons (Fsp3) is 0.500. The van der Waals surface area contributed by atoms with E-state index in [2.05, 4.69) is 16.6 Å². The Morgan fingerprint density at radius 3 is 2.75 bits per heavy atom. The van der Waals surface area contributed by atoms with E-state index in [-0.39, 0.29) is 23.2 Å². The summed E-state index contributed by atoms with van der Waals surface area (Å²) in [5, 5.41) is 12.4. The maximum Gasteiger partial charge on any atom is 0.337 e. The zero-order valence-electron chi connectivity index (χ0n) is 11.5. The minimum absolute atomic E-state index is 0.129. The number of carboxylic acid groups (broad SMARTS) is 1. The van der Waals surface area contributed by atoms with Crippen LogP contribution in [0.5, 0.6) is 0 Å². The number of carbonyl (C=O) groups excluding carboxylic acids is 1. The van der Waals surface area contributed by atoms with E-state index < -0.39 is 5.97 Å². The lowest BCUT2D eigenvalue weighted by atomic mass is 10.1. The third-order valence-electron chi connectivity index (χ3n) is 3.62. The van der Waals surface area contributed by atoms with Crippen LogP contribution >= 0.6 is 11.8 Å². The number of aryl methyl sites for hydroxylation is 1. The van der Waals surface area contributed by atoms with Gasteiger partial charge in [-0.15, -0.1) is 0 Å². The maximum atomic E-state index is 12.2. The number of amides is 1. The van der Waals surface area contributed by atoms with Crippen LogP contribution < -0.4 is 5.32 Å². The van der Waals surface area contributed by atoms with E-state index >= 15 is 0 Å². The predicted octanol–water partition coefficient (Wildman–Crippen LogP) is 2.10. The van der Waals surface area contributed by atoms with E-state index in [0.29, 0.717) is 10.9 Å². The van der Waals surface area contributed by atoms with Crippen LogP contribution in [0.3, 0.4) is 0 Å². The number of nitrogens with zero attached hydrogens (tertiary/aromatic N) is 1. The van der Waals surface area contributed by atoms with Crippen molar-refractivity contribution < 1.29 is 14.7 Å². The number of thioether (sulfide) groups is 1. The average Bonchev–Trinajstić information content (AvgIpc) is 2.85. The first-order valence-corrected chi connectivity index (χ1v) is 7.86. The quantitative estimate of drug-likeness (QED) is 0.889. The molecule has 6 heteroatoms. The van der Waals surface area contributed by atoms with Gasteiger partial charge in [-0.2, -0.15) is 11.8 Å². The SMILES string of the molecule is CSC1CCCC1NC(=O)c1ccc(C(=O)O)c(C)n1. The number of carbonyl (C=O) groups is 2. The third kappa shape index (κ3) is 3.12. The molecule has 0 radical (unpaired) electrons. The van der Waals surface area contributed by atoms with Crippen LogP contribution in [0.25, 0.3) is 0 Å². The van der Waals surface area contributed by atoms with E-state index in [1.807, 2.05) is 0 Å². The highest BCUT2D eigenvalue weighted by Crippen LogP contribution is 2.28. The van der Waals surface area contributed by atoms with Crippen LogP contribution in [0.4, 0.5) is 0 Å². The van der Waals surface area contributed by atoms with Gasteiger partial charge in [-0.25, -0.2) is 9.78 Å². The summed E-state index contributed by atoms with van der Waals surface area (Å²) in [6, 6.07) is 3.08. The van der Waals surface area contributed by atoms with Crippen molar-refractivity contribution in [3.05, 3.63) is 29.1 Å². The topological polar surface area (TPSA) is 79.3 Å². The summed E-state index contributed by atoms with van der Waals surface area (Å²) in [4.78, 5) is 27.2. The lowest BCUT2D eigenvalue weighted by molar-refractivity contribution is 0.0694. The molecule has 2 N–H and O–H groups in total. The van der Waals surface area contributed by atoms with Gasteiger partial charge in [-0.3, -0.25) is 4.79 Å². The number of nitrogens with one attached hydrogen (secondary N) is 1. The standard InChI is InChI=1S/C14H18N2O3S/c1-8-9(14(18)19)6-7-11(15-8)13(17)16-10-4-3-5-12(10)20-2/h6-7,10,12H,3-5H2,1-2H3,(H,16,17)(H,18,19). The van der Waals surface area contributed by atoms with Crippen molar-refractivity contribution in [2.75, 3.05) is 6.26 Å². The fourth-order valence-electron chi connectivity index (χ4n) is 2.53. The Hall–Kier alpha value is -1.56. The van der Waals surface area contributed by atoms with E-state index in [9.17, 15) is 9.59 Å². The Kier molecular flexibility index (Phi) is 4.65. The molecule has 0 spiro atoms. The summed E-state index contributed by atoms with van der Waals surface area (Å²) in [6.07, 6.45) is 5.29. The first-order valence-electron chi connectivity index (χ1n) is 6.57. The number of hydrogen-bond donors (Lipinski definition) is 2. The van der Waals surface area contributed by atoms with E-state index in [1.54, 1.807) is 18.7 Å². The predicted molar refractivity (Wildman–Crippen MR) is 78.3 cm³/mol. The molecule has 108 valence electrons. The molecule has 0 aromatic carbocycles. The first-order chi connectivity index (χ1) is 9.52. The molecule has 1 amide bonds. The molecule has 1 heterocycles. The lowest BCUT2D eigenvalue weighted by Crippen LogP contribution is -2.39. The molecular formula is C14H18N2O3S. The summed E-state index contributed by atoms with van der Waals surface area (Å²) in [6.45, 7) is 1.60. The van der Waals surface area contributed by atoms with Gasteiger partial charge in [0.2, 0.25) is 0 Å². The molecule has 1 aliphatic rings. The van der Waals surface area contributed by atoms with Crippen LogP contribution in [-0.2, 0) is 0 Å². The van der Waals surface area contributed by atoms with Gasteiger partial charge in [0.25, 0.3) is 5.91 Å². The van der Waals surface area contributed by atoms with Crippen molar-refractivity contribution >= 4 is 23.6 Å². The minimum atomic E-state index is -1.03. The molecule has 0 saturated heterocycles. The Morgan fingerprint density at radius 2 is 2.15 bits per heavy atom. The van der Waals surface area contributed by atoms with E-state index in [4.69, 9.17) is 5.11 Å². The van der Waals surface area contributed by atoms with Crippen molar-refractivity contribution in [3.8, 4) is 0 Å². The van der Waals surface area contributed by atoms with Crippen LogP contribution in [0, 0.1) is 6.92 Å². The molecule has 2 atom stereocenters. The summed E-state index contributed by atoms with van der Waals surface area (Å²) in [5.41, 5.74) is 0.765. The normalized spacial score (nSPS) is 21.7. The summed E-state index contributed by atoms with van der Waals surface area (Å²) in [7, 11) is 0. The Bertz CT molecular complexity index is 533. The van der Waals surface area contributed by atoms with Gasteiger partial charge in [-0.05, 0) is 38.2 Å². The maximum absolute atomic E-state index is 12.2. The molecule has 2 unspecified atom stereocenters. The monoisotopic (exact) mass is 294 g/mol. The van der Waals surface area contributed by atoms with Gasteiger partial charge in [-0.1, -0.05) is 6.42 Å². The molecule has 1 aliphatic carbocycles. The van der Waals surface area contributed by atoms with Crippen LogP contribution in [0.15, 0.2) is 12.1 Å². The second-order valence-corrected chi connectivity index (χ2v) is 6.00. The zero-order chi connectivity index (χ0) is 14.7. The minimum Gasteiger partial charge on any atom is -0.478 e. The molecule has 1 fully saturated rings. The second-order valence-electron chi connectivity index (χ2n) is 4.92. The number of hydrogen-bond acceptors (Lipinski definition) is 4. The fourth-order valence-corrected chi connectivity index (χ4v) is 3.46. The number of rotatable bonds is 4. The Labute approximate surface area is 122 Å². The molecule has 1 saturated carbocycles. The molecule has 0 bridgehead atoms. The highest BCUT2D eigenvalue weighted by Gasteiger charge is 2.28. The van der Waals surface area contributed by atoms with E-state index in [1.165, 1.54) is 12.1 Å². The van der Waals surface area contributed by atoms with Crippen molar-refractivity contribution in [2.45, 2.75) is 37.5 Å². The Morgan fingerprint density at radius 1 is 1.40 bits per heavy atom. The molecular weight excluding hydrogens is 276 g/mol. The van der Waals surface area contributed by atoms with Crippen LogP contribution in [0.1, 0.15) is 45.8 Å². The van der Waals surface area contributed by atoms with E-state index in [0.717, 1.165) is 19.3 Å². The first kappa shape index (κ1) is 14.8. The zero-order valence-corrected chi connectivity index (χ0v) is 12.4. The second kappa shape index (κ2) is 6.26. The largest absolute Gasteiger partial charge is 0.478 e. The molecule has 1 aromatic rings. The van der Waals surface area contributed by atoms with Crippen molar-refractivity contribution in [3.63, 3.8) is 0 Å². The Balaban J connectivity index is 2.10. The smallest absolute Gasteiger partial charge is 0.337 e. The van der Waals surface area contributed by atoms with Gasteiger partial charge < -0.3 is 10.4 Å². The molecule has 2 rings (SSSR count). The summed E-state index contributed by atoms with van der Waals surface area (Å²) >= 11 is 1.77. The van der Waals surface area contributed by atoms with Gasteiger partial charge in [0.1, 0.15) is 5.69 Å². The number of aromatic carboxylic acids is 1. The molecule has 20 heavy (non-hydrogen) atoms. The summed E-state index contributed by atoms with van der Waals surface area (Å²) < 4.78 is 0. The average molecular weight is 294 g/mol. The molecule has 0 aliphatic heterocycles. The lowest BCUT2D eigenvalue weighted by Gasteiger charge is -2.19. The highest BCUT2D eigenvalue weighted by molar-refractivity contribution is 7.99. The number of carboxylic acids is 1. The number of aromatic nitrogens is 1.